The van der Waals surface area contributed by atoms with Gasteiger partial charge in [0.2, 0.25) is 5.91 Å². The van der Waals surface area contributed by atoms with Crippen LogP contribution in [-0.2, 0) is 36.0 Å². The van der Waals surface area contributed by atoms with Crippen LogP contribution in [-0.4, -0.2) is 57.7 Å². The number of hydrazine groups is 1. The van der Waals surface area contributed by atoms with E-state index in [1.165, 1.54) is 14.2 Å². The normalized spacial score (nSPS) is 16.6. The molecule has 0 aromatic heterocycles. The summed E-state index contributed by atoms with van der Waals surface area (Å²) in [7, 11) is -0.675. The Kier molecular flexibility index (Phi) is 9.14. The first kappa shape index (κ1) is 24.2. The topological polar surface area (TPSA) is 122 Å². The van der Waals surface area contributed by atoms with Crippen molar-refractivity contribution in [2.75, 3.05) is 32.3 Å². The molecule has 2 unspecified atom stereocenters. The van der Waals surface area contributed by atoms with Crippen molar-refractivity contribution in [1.29, 1.82) is 0 Å². The molecule has 188 valence electrons. The predicted molar refractivity (Wildman–Crippen MR) is 129 cm³/mol. The summed E-state index contributed by atoms with van der Waals surface area (Å²) in [6.07, 6.45) is 0.732. The SMILES string of the molecule is [2H]C([2H])([2H])C(CCC(C)(C)CCS(=O)(=O)CCO)(C(=O)NNC)c1cccc(CC(C)C(=O)OC)c1. The molecule has 0 saturated heterocycles. The fourth-order valence-corrected chi connectivity index (χ4v) is 4.88. The summed E-state index contributed by atoms with van der Waals surface area (Å²) in [5.41, 5.74) is 3.41. The molecule has 0 bridgehead atoms. The molecule has 9 heteroatoms. The van der Waals surface area contributed by atoms with E-state index in [0.717, 1.165) is 0 Å². The van der Waals surface area contributed by atoms with Gasteiger partial charge < -0.3 is 9.84 Å². The van der Waals surface area contributed by atoms with Crippen molar-refractivity contribution < 1.29 is 32.0 Å². The number of aliphatic hydroxyl groups is 1. The minimum atomic E-state index is -3.44. The highest BCUT2D eigenvalue weighted by atomic mass is 32.2. The second kappa shape index (κ2) is 12.5. The van der Waals surface area contributed by atoms with Crippen molar-refractivity contribution in [3.63, 3.8) is 0 Å². The van der Waals surface area contributed by atoms with Gasteiger partial charge in [0, 0.05) is 11.2 Å². The lowest BCUT2D eigenvalue weighted by atomic mass is 9.72. The van der Waals surface area contributed by atoms with Gasteiger partial charge in [0.05, 0.1) is 36.6 Å². The van der Waals surface area contributed by atoms with E-state index in [-0.39, 0.29) is 36.3 Å². The van der Waals surface area contributed by atoms with Crippen LogP contribution in [0.5, 0.6) is 0 Å². The Morgan fingerprint density at radius 2 is 1.91 bits per heavy atom. The molecule has 2 atom stereocenters. The molecule has 1 aromatic carbocycles. The molecule has 0 saturated carbocycles. The third-order valence-corrected chi connectivity index (χ3v) is 7.49. The van der Waals surface area contributed by atoms with Crippen molar-refractivity contribution in [1.82, 2.24) is 10.9 Å². The first-order valence-corrected chi connectivity index (χ1v) is 12.8. The number of esters is 1. The predicted octanol–water partition coefficient (Wildman–Crippen LogP) is 2.15. The van der Waals surface area contributed by atoms with E-state index >= 15 is 0 Å². The zero-order valence-corrected chi connectivity index (χ0v) is 21.0. The van der Waals surface area contributed by atoms with Gasteiger partial charge >= 0.3 is 5.97 Å². The van der Waals surface area contributed by atoms with Gasteiger partial charge in [-0.25, -0.2) is 13.8 Å². The largest absolute Gasteiger partial charge is 0.469 e. The molecule has 0 fully saturated rings. The summed E-state index contributed by atoms with van der Waals surface area (Å²) in [6.45, 7) is 2.17. The molecule has 3 N–H and O–H groups in total. The number of hydrogen-bond acceptors (Lipinski definition) is 7. The minimum absolute atomic E-state index is 0.0694. The highest BCUT2D eigenvalue weighted by molar-refractivity contribution is 7.91. The van der Waals surface area contributed by atoms with Gasteiger partial charge in [-0.15, -0.1) is 0 Å². The van der Waals surface area contributed by atoms with E-state index in [1.807, 2.05) is 13.8 Å². The maximum atomic E-state index is 13.4. The van der Waals surface area contributed by atoms with Crippen LogP contribution in [0, 0.1) is 11.3 Å². The average Bonchev–Trinajstić information content (AvgIpc) is 2.77. The molecule has 0 radical (unpaired) electrons. The number of aliphatic hydroxyl groups excluding tert-OH is 1. The molecule has 1 aromatic rings. The number of amides is 1. The fourth-order valence-electron chi connectivity index (χ4n) is 3.53. The molecular weight excluding hydrogens is 444 g/mol. The lowest BCUT2D eigenvalue weighted by molar-refractivity contribution is -0.144. The summed E-state index contributed by atoms with van der Waals surface area (Å²) < 4.78 is 54.2. The maximum Gasteiger partial charge on any atom is 0.308 e. The number of carbonyl (C=O) groups is 2. The third-order valence-electron chi connectivity index (χ3n) is 5.86. The zero-order valence-electron chi connectivity index (χ0n) is 23.2. The van der Waals surface area contributed by atoms with Crippen LogP contribution in [0.1, 0.15) is 62.1 Å². The summed E-state index contributed by atoms with van der Waals surface area (Å²) in [5.74, 6) is -2.06. The number of hydrogen-bond donors (Lipinski definition) is 3. The second-order valence-electron chi connectivity index (χ2n) is 9.23. The highest BCUT2D eigenvalue weighted by Gasteiger charge is 2.37. The smallest absolute Gasteiger partial charge is 0.308 e. The molecule has 8 nitrogen and oxygen atoms in total. The van der Waals surface area contributed by atoms with Gasteiger partial charge in [0.15, 0.2) is 9.84 Å². The number of methoxy groups -OCH3 is 1. The summed E-state index contributed by atoms with van der Waals surface area (Å²) in [6, 6.07) is 6.65. The summed E-state index contributed by atoms with van der Waals surface area (Å²) >= 11 is 0. The van der Waals surface area contributed by atoms with Gasteiger partial charge in [0.25, 0.3) is 0 Å². The minimum Gasteiger partial charge on any atom is -0.469 e. The monoisotopic (exact) mass is 487 g/mol. The number of sulfone groups is 1. The molecule has 1 rings (SSSR count). The van der Waals surface area contributed by atoms with E-state index in [4.69, 9.17) is 14.0 Å². The molecule has 0 aliphatic rings. The molecule has 0 aliphatic heterocycles. The first-order chi connectivity index (χ1) is 16.5. The number of carbonyl (C=O) groups excluding carboxylic acids is 2. The Labute approximate surface area is 202 Å². The standard InChI is InChI=1S/C24H40N2O6S/c1-18(21(28)32-6)16-19-8-7-9-20(17-19)24(4,22(29)26-25-5)11-10-23(2,3)12-14-33(30,31)15-13-27/h7-9,17-18,25,27H,10-16H2,1-6H3,(H,26,29)/i4D3. The first-order valence-electron chi connectivity index (χ1n) is 12.5. The molecule has 0 heterocycles. The molecule has 0 aliphatic carbocycles. The quantitative estimate of drug-likeness (QED) is 0.271. The number of ether oxygens (including phenoxy) is 1. The van der Waals surface area contributed by atoms with E-state index < -0.39 is 51.9 Å². The number of benzene rings is 1. The Morgan fingerprint density at radius 1 is 1.21 bits per heavy atom. The third kappa shape index (κ3) is 9.06. The van der Waals surface area contributed by atoms with Crippen LogP contribution in [0.3, 0.4) is 0 Å². The Balaban J connectivity index is 3.43. The summed E-state index contributed by atoms with van der Waals surface area (Å²) in [4.78, 5) is 25.3. The van der Waals surface area contributed by atoms with Gasteiger partial charge in [-0.2, -0.15) is 0 Å². The Morgan fingerprint density at radius 3 is 2.48 bits per heavy atom. The van der Waals surface area contributed by atoms with Crippen molar-refractivity contribution in [3.05, 3.63) is 35.4 Å². The van der Waals surface area contributed by atoms with E-state index in [0.29, 0.717) is 12.0 Å². The zero-order chi connectivity index (χ0) is 27.8. The highest BCUT2D eigenvalue weighted by Crippen LogP contribution is 2.37. The van der Waals surface area contributed by atoms with Gasteiger partial charge in [-0.1, -0.05) is 45.0 Å². The van der Waals surface area contributed by atoms with Crippen molar-refractivity contribution in [3.8, 4) is 0 Å². The van der Waals surface area contributed by atoms with E-state index in [1.54, 1.807) is 31.2 Å². The number of nitrogens with one attached hydrogen (secondary N) is 2. The molecule has 1 amide bonds. The molecule has 0 spiro atoms. The molecular formula is C24H40N2O6S. The van der Waals surface area contributed by atoms with Gasteiger partial charge in [-0.3, -0.25) is 15.0 Å². The van der Waals surface area contributed by atoms with Crippen LogP contribution in [0.4, 0.5) is 0 Å². The lowest BCUT2D eigenvalue weighted by Gasteiger charge is -2.33. The van der Waals surface area contributed by atoms with Crippen LogP contribution in [0.25, 0.3) is 0 Å². The van der Waals surface area contributed by atoms with Crippen LogP contribution >= 0.6 is 0 Å². The Bertz CT molecular complexity index is 998. The van der Waals surface area contributed by atoms with Crippen LogP contribution < -0.4 is 10.9 Å². The van der Waals surface area contributed by atoms with E-state index in [2.05, 4.69) is 10.9 Å². The van der Waals surface area contributed by atoms with Crippen molar-refractivity contribution in [2.45, 2.75) is 58.7 Å². The van der Waals surface area contributed by atoms with Crippen LogP contribution in [0.2, 0.25) is 0 Å². The van der Waals surface area contributed by atoms with Crippen molar-refractivity contribution >= 4 is 21.7 Å². The van der Waals surface area contributed by atoms with Crippen LogP contribution in [0.15, 0.2) is 24.3 Å². The van der Waals surface area contributed by atoms with E-state index in [9.17, 15) is 18.0 Å². The second-order valence-corrected chi connectivity index (χ2v) is 11.5. The maximum absolute atomic E-state index is 13.4. The fraction of sp³-hybridized carbons (Fsp3) is 0.667. The number of rotatable bonds is 14. The molecule has 33 heavy (non-hydrogen) atoms. The average molecular weight is 488 g/mol. The van der Waals surface area contributed by atoms with Gasteiger partial charge in [0.1, 0.15) is 0 Å². The Hall–Kier alpha value is -1.97. The lowest BCUT2D eigenvalue weighted by Crippen LogP contribution is -2.47. The van der Waals surface area contributed by atoms with Crippen molar-refractivity contribution in [2.24, 2.45) is 11.3 Å². The van der Waals surface area contributed by atoms with Gasteiger partial charge in [-0.05, 0) is 49.1 Å². The summed E-state index contributed by atoms with van der Waals surface area (Å²) in [5, 5.41) is 8.97.